The number of aryl methyl sites for hydroxylation is 1. The molecule has 7 heteroatoms. The summed E-state index contributed by atoms with van der Waals surface area (Å²) in [5, 5.41) is 4.04. The second-order valence-corrected chi connectivity index (χ2v) is 8.69. The minimum Gasteiger partial charge on any atom is -0.349 e. The third-order valence-corrected chi connectivity index (χ3v) is 5.82. The zero-order valence-electron chi connectivity index (χ0n) is 17.9. The Balaban J connectivity index is 1.73. The number of carbonyl (C=O) groups excluding carboxylic acids is 1. The summed E-state index contributed by atoms with van der Waals surface area (Å²) >= 11 is 1.27. The number of benzene rings is 1. The third kappa shape index (κ3) is 5.27. The fourth-order valence-electron chi connectivity index (χ4n) is 3.21. The maximum atomic E-state index is 12.9. The molecule has 0 aliphatic rings. The van der Waals surface area contributed by atoms with E-state index in [-0.39, 0.29) is 29.2 Å². The van der Waals surface area contributed by atoms with Crippen LogP contribution in [0.15, 0.2) is 52.5 Å². The number of carbonyl (C=O) groups is 1. The van der Waals surface area contributed by atoms with E-state index in [0.29, 0.717) is 22.7 Å². The van der Waals surface area contributed by atoms with Gasteiger partial charge in [-0.1, -0.05) is 56.8 Å². The Bertz CT molecular complexity index is 1080. The summed E-state index contributed by atoms with van der Waals surface area (Å²) < 4.78 is 1.65. The molecule has 0 radical (unpaired) electrons. The normalized spacial score (nSPS) is 12.3. The van der Waals surface area contributed by atoms with Gasteiger partial charge < -0.3 is 5.32 Å². The predicted molar refractivity (Wildman–Crippen MR) is 122 cm³/mol. The number of thioether (sulfide) groups is 1. The van der Waals surface area contributed by atoms with Crippen molar-refractivity contribution in [1.29, 1.82) is 0 Å². The van der Waals surface area contributed by atoms with E-state index < -0.39 is 0 Å². The van der Waals surface area contributed by atoms with Crippen LogP contribution in [0.3, 0.4) is 0 Å². The molecule has 2 aromatic heterocycles. The number of aromatic nitrogens is 3. The first-order valence-corrected chi connectivity index (χ1v) is 11.2. The summed E-state index contributed by atoms with van der Waals surface area (Å²) in [6.45, 7) is 8.73. The molecule has 0 unspecified atom stereocenters. The van der Waals surface area contributed by atoms with Crippen LogP contribution in [0.1, 0.15) is 44.9 Å². The molecule has 0 fully saturated rings. The predicted octanol–water partition coefficient (Wildman–Crippen LogP) is 3.98. The molecule has 1 aromatic carbocycles. The number of rotatable bonds is 8. The number of fused-ring (bicyclic) bond motifs is 1. The van der Waals surface area contributed by atoms with Crippen LogP contribution in [0, 0.1) is 5.92 Å². The average molecular weight is 425 g/mol. The minimum atomic E-state index is -0.117. The van der Waals surface area contributed by atoms with Crippen LogP contribution in [0.25, 0.3) is 11.0 Å². The van der Waals surface area contributed by atoms with Crippen LogP contribution >= 0.6 is 11.8 Å². The van der Waals surface area contributed by atoms with Crippen LogP contribution < -0.4 is 10.9 Å². The van der Waals surface area contributed by atoms with Crippen LogP contribution in [0.4, 0.5) is 0 Å². The lowest BCUT2D eigenvalue weighted by Gasteiger charge is -2.16. The lowest BCUT2D eigenvalue weighted by molar-refractivity contribution is -0.119. The number of nitrogens with one attached hydrogen (secondary N) is 1. The fraction of sp³-hybridized carbons (Fsp3) is 0.391. The van der Waals surface area contributed by atoms with Gasteiger partial charge in [-0.15, -0.1) is 0 Å². The first-order valence-electron chi connectivity index (χ1n) is 10.3. The van der Waals surface area contributed by atoms with Crippen molar-refractivity contribution in [3.63, 3.8) is 0 Å². The van der Waals surface area contributed by atoms with E-state index in [0.717, 1.165) is 12.0 Å². The van der Waals surface area contributed by atoms with Gasteiger partial charge in [0.15, 0.2) is 10.8 Å². The van der Waals surface area contributed by atoms with Crippen molar-refractivity contribution in [2.75, 3.05) is 5.75 Å². The van der Waals surface area contributed by atoms with E-state index in [1.807, 2.05) is 32.9 Å². The fourth-order valence-corrected chi connectivity index (χ4v) is 4.02. The molecule has 158 valence electrons. The molecular weight excluding hydrogens is 396 g/mol. The second kappa shape index (κ2) is 9.89. The smallest absolute Gasteiger partial charge is 0.263 e. The molecule has 0 spiro atoms. The van der Waals surface area contributed by atoms with E-state index in [2.05, 4.69) is 34.3 Å². The van der Waals surface area contributed by atoms with E-state index in [4.69, 9.17) is 0 Å². The molecule has 1 N–H and O–H groups in total. The second-order valence-electron chi connectivity index (χ2n) is 7.75. The summed E-state index contributed by atoms with van der Waals surface area (Å²) in [4.78, 5) is 34.2. The Labute approximate surface area is 181 Å². The van der Waals surface area contributed by atoms with Crippen molar-refractivity contribution in [3.8, 4) is 0 Å². The number of pyridine rings is 1. The Morgan fingerprint density at radius 1 is 1.17 bits per heavy atom. The van der Waals surface area contributed by atoms with Gasteiger partial charge in [-0.05, 0) is 42.5 Å². The summed E-state index contributed by atoms with van der Waals surface area (Å²) in [5.74, 6) is 0.358. The van der Waals surface area contributed by atoms with Gasteiger partial charge in [0.1, 0.15) is 0 Å². The highest BCUT2D eigenvalue weighted by Crippen LogP contribution is 2.19. The Kier molecular flexibility index (Phi) is 7.26. The molecule has 2 heterocycles. The Morgan fingerprint density at radius 3 is 2.57 bits per heavy atom. The summed E-state index contributed by atoms with van der Waals surface area (Å²) in [7, 11) is 0. The number of nitrogens with zero attached hydrogens (tertiary/aromatic N) is 3. The summed E-state index contributed by atoms with van der Waals surface area (Å²) in [5.41, 5.74) is 2.63. The molecule has 1 amide bonds. The van der Waals surface area contributed by atoms with Gasteiger partial charge in [-0.25, -0.2) is 9.97 Å². The largest absolute Gasteiger partial charge is 0.349 e. The van der Waals surface area contributed by atoms with Gasteiger partial charge in [0, 0.05) is 12.7 Å². The van der Waals surface area contributed by atoms with Crippen LogP contribution in [0.2, 0.25) is 0 Å². The number of hydrogen-bond donors (Lipinski definition) is 1. The Morgan fingerprint density at radius 2 is 1.90 bits per heavy atom. The molecule has 6 nitrogen and oxygen atoms in total. The molecule has 0 bridgehead atoms. The number of hydrogen-bond acceptors (Lipinski definition) is 5. The topological polar surface area (TPSA) is 76.9 Å². The third-order valence-electron chi connectivity index (χ3n) is 4.84. The van der Waals surface area contributed by atoms with E-state index in [1.54, 1.807) is 22.9 Å². The number of amides is 1. The SMILES string of the molecule is CCc1ccc([C@@H](C)NC(=O)CSc2nc3ncccc3c(=O)n2CC(C)C)cc1. The molecule has 0 aliphatic carbocycles. The van der Waals surface area contributed by atoms with E-state index >= 15 is 0 Å². The van der Waals surface area contributed by atoms with Gasteiger partial charge in [0.25, 0.3) is 5.56 Å². The average Bonchev–Trinajstić information content (AvgIpc) is 2.74. The van der Waals surface area contributed by atoms with Crippen molar-refractivity contribution in [2.24, 2.45) is 5.92 Å². The molecule has 0 saturated heterocycles. The molecule has 0 saturated carbocycles. The maximum absolute atomic E-state index is 12.9. The molecular formula is C23H28N4O2S. The molecule has 3 aromatic rings. The first-order chi connectivity index (χ1) is 14.4. The van der Waals surface area contributed by atoms with Gasteiger partial charge in [0.2, 0.25) is 5.91 Å². The van der Waals surface area contributed by atoms with Crippen molar-refractivity contribution in [2.45, 2.75) is 51.9 Å². The molecule has 3 rings (SSSR count). The van der Waals surface area contributed by atoms with E-state index in [9.17, 15) is 9.59 Å². The highest BCUT2D eigenvalue weighted by Gasteiger charge is 2.16. The lowest BCUT2D eigenvalue weighted by Crippen LogP contribution is -2.29. The quantitative estimate of drug-likeness (QED) is 0.437. The molecule has 1 atom stereocenters. The van der Waals surface area contributed by atoms with Gasteiger partial charge in [0.05, 0.1) is 17.2 Å². The van der Waals surface area contributed by atoms with Crippen molar-refractivity contribution in [3.05, 3.63) is 64.1 Å². The standard InChI is InChI=1S/C23H28N4O2S/c1-5-17-8-10-18(11-9-17)16(4)25-20(28)14-30-23-26-21-19(7-6-12-24-21)22(29)27(23)13-15(2)3/h6-12,15-16H,5,13-14H2,1-4H3,(H,25,28)/t16-/m1/s1. The van der Waals surface area contributed by atoms with Crippen LogP contribution in [0.5, 0.6) is 0 Å². The molecule has 0 aliphatic heterocycles. The highest BCUT2D eigenvalue weighted by atomic mass is 32.2. The van der Waals surface area contributed by atoms with Crippen molar-refractivity contribution < 1.29 is 4.79 Å². The monoisotopic (exact) mass is 424 g/mol. The van der Waals surface area contributed by atoms with Crippen molar-refractivity contribution >= 4 is 28.7 Å². The summed E-state index contributed by atoms with van der Waals surface area (Å²) in [6, 6.07) is 11.7. The van der Waals surface area contributed by atoms with Gasteiger partial charge in [-0.3, -0.25) is 14.2 Å². The van der Waals surface area contributed by atoms with Crippen LogP contribution in [-0.2, 0) is 17.8 Å². The van der Waals surface area contributed by atoms with Gasteiger partial charge in [-0.2, -0.15) is 0 Å². The minimum absolute atomic E-state index is 0.0897. The Hall–Kier alpha value is -2.67. The van der Waals surface area contributed by atoms with E-state index in [1.165, 1.54) is 17.3 Å². The first kappa shape index (κ1) is 22.0. The zero-order valence-corrected chi connectivity index (χ0v) is 18.7. The molecule has 30 heavy (non-hydrogen) atoms. The highest BCUT2D eigenvalue weighted by molar-refractivity contribution is 7.99. The zero-order chi connectivity index (χ0) is 21.7. The maximum Gasteiger partial charge on any atom is 0.263 e. The lowest BCUT2D eigenvalue weighted by atomic mass is 10.1. The van der Waals surface area contributed by atoms with Crippen molar-refractivity contribution in [1.82, 2.24) is 19.9 Å². The van der Waals surface area contributed by atoms with Gasteiger partial charge >= 0.3 is 0 Å². The van der Waals surface area contributed by atoms with Crippen LogP contribution in [-0.4, -0.2) is 26.2 Å². The summed E-state index contributed by atoms with van der Waals surface area (Å²) in [6.07, 6.45) is 2.61.